The van der Waals surface area contributed by atoms with Gasteiger partial charge in [-0.25, -0.2) is 0 Å². The Balaban J connectivity index is 1.34. The molecule has 30 heavy (non-hydrogen) atoms. The largest absolute Gasteiger partial charge is 0.378 e. The number of hydrogen-bond acceptors (Lipinski definition) is 1. The Labute approximate surface area is 178 Å². The first-order valence-electron chi connectivity index (χ1n) is 10.6. The van der Waals surface area contributed by atoms with Gasteiger partial charge in [-0.15, -0.1) is 0 Å². The van der Waals surface area contributed by atoms with Gasteiger partial charge in [0.25, 0.3) is 0 Å². The minimum atomic E-state index is 0.292. The summed E-state index contributed by atoms with van der Waals surface area (Å²) in [6.07, 6.45) is 6.88. The van der Waals surface area contributed by atoms with Gasteiger partial charge < -0.3 is 5.32 Å². The van der Waals surface area contributed by atoms with E-state index in [2.05, 4.69) is 128 Å². The number of benzene rings is 4. The molecule has 1 heteroatoms. The summed E-state index contributed by atoms with van der Waals surface area (Å²) in [4.78, 5) is 0. The second-order valence-corrected chi connectivity index (χ2v) is 7.98. The van der Waals surface area contributed by atoms with Crippen molar-refractivity contribution in [3.63, 3.8) is 0 Å². The van der Waals surface area contributed by atoms with Crippen molar-refractivity contribution in [2.45, 2.75) is 13.0 Å². The highest BCUT2D eigenvalue weighted by atomic mass is 14.9. The molecule has 0 bridgehead atoms. The number of anilines is 1. The Morgan fingerprint density at radius 1 is 0.667 bits per heavy atom. The van der Waals surface area contributed by atoms with Gasteiger partial charge in [0.15, 0.2) is 0 Å². The third-order valence-electron chi connectivity index (χ3n) is 5.92. The van der Waals surface area contributed by atoms with Gasteiger partial charge >= 0.3 is 0 Å². The zero-order valence-electron chi connectivity index (χ0n) is 17.1. The molecule has 146 valence electrons. The van der Waals surface area contributed by atoms with Crippen LogP contribution in [0, 0.1) is 5.92 Å². The van der Waals surface area contributed by atoms with Crippen molar-refractivity contribution in [2.24, 2.45) is 5.92 Å². The maximum Gasteiger partial charge on any atom is 0.0508 e. The number of nitrogens with one attached hydrogen (secondary N) is 1. The average Bonchev–Trinajstić information content (AvgIpc) is 2.81. The molecule has 0 saturated carbocycles. The fourth-order valence-electron chi connectivity index (χ4n) is 4.24. The zero-order valence-corrected chi connectivity index (χ0v) is 17.1. The Morgan fingerprint density at radius 2 is 1.40 bits per heavy atom. The molecule has 2 atom stereocenters. The number of fused-ring (bicyclic) bond motifs is 1. The first-order valence-corrected chi connectivity index (χ1v) is 10.6. The Morgan fingerprint density at radius 3 is 2.20 bits per heavy atom. The molecule has 0 saturated heterocycles. The Kier molecular flexibility index (Phi) is 4.94. The normalized spacial score (nSPS) is 18.2. The second-order valence-electron chi connectivity index (χ2n) is 7.98. The van der Waals surface area contributed by atoms with Crippen molar-refractivity contribution in [1.29, 1.82) is 0 Å². The monoisotopic (exact) mass is 387 g/mol. The summed E-state index contributed by atoms with van der Waals surface area (Å²) in [6.45, 7) is 2.27. The summed E-state index contributed by atoms with van der Waals surface area (Å²) >= 11 is 0. The first-order chi connectivity index (χ1) is 14.8. The lowest BCUT2D eigenvalue weighted by Crippen LogP contribution is -2.25. The van der Waals surface area contributed by atoms with E-state index in [4.69, 9.17) is 0 Å². The molecule has 1 nitrogen and oxygen atoms in total. The molecular weight excluding hydrogens is 362 g/mol. The molecule has 4 aromatic rings. The lowest BCUT2D eigenvalue weighted by atomic mass is 9.89. The molecule has 0 aromatic heterocycles. The van der Waals surface area contributed by atoms with E-state index >= 15 is 0 Å². The number of allylic oxidation sites excluding steroid dienone is 2. The predicted octanol–water partition coefficient (Wildman–Crippen LogP) is 7.58. The molecule has 0 radical (unpaired) electrons. The van der Waals surface area contributed by atoms with Gasteiger partial charge in [0.1, 0.15) is 0 Å². The van der Waals surface area contributed by atoms with Crippen LogP contribution in [0.2, 0.25) is 0 Å². The van der Waals surface area contributed by atoms with E-state index in [1.165, 1.54) is 33.0 Å². The zero-order chi connectivity index (χ0) is 20.3. The van der Waals surface area contributed by atoms with Crippen LogP contribution in [-0.4, -0.2) is 6.04 Å². The van der Waals surface area contributed by atoms with Gasteiger partial charge in [-0.2, -0.15) is 0 Å². The van der Waals surface area contributed by atoms with E-state index in [1.54, 1.807) is 0 Å². The average molecular weight is 388 g/mol. The maximum atomic E-state index is 3.69. The molecule has 5 rings (SSSR count). The van der Waals surface area contributed by atoms with Crippen LogP contribution in [-0.2, 0) is 0 Å². The third kappa shape index (κ3) is 3.67. The smallest absolute Gasteiger partial charge is 0.0508 e. The summed E-state index contributed by atoms with van der Waals surface area (Å²) < 4.78 is 0. The molecule has 0 heterocycles. The van der Waals surface area contributed by atoms with Gasteiger partial charge in [-0.3, -0.25) is 0 Å². The highest BCUT2D eigenvalue weighted by Gasteiger charge is 2.17. The van der Waals surface area contributed by atoms with E-state index in [1.807, 2.05) is 0 Å². The highest BCUT2D eigenvalue weighted by molar-refractivity contribution is 5.96. The Bertz CT molecular complexity index is 1210. The molecule has 4 aromatic carbocycles. The molecular formula is C29H25N. The van der Waals surface area contributed by atoms with Crippen molar-refractivity contribution < 1.29 is 0 Å². The minimum absolute atomic E-state index is 0.292. The molecule has 0 aliphatic heterocycles. The van der Waals surface area contributed by atoms with Gasteiger partial charge in [0.05, 0.1) is 6.04 Å². The Hall–Kier alpha value is -3.58. The maximum absolute atomic E-state index is 3.69. The molecule has 1 aliphatic rings. The number of hydrogen-bond donors (Lipinski definition) is 1. The summed E-state index contributed by atoms with van der Waals surface area (Å²) in [6, 6.07) is 34.8. The fourth-order valence-corrected chi connectivity index (χ4v) is 4.24. The summed E-state index contributed by atoms with van der Waals surface area (Å²) in [5.74, 6) is 0.419. The molecule has 1 aliphatic carbocycles. The van der Waals surface area contributed by atoms with Crippen molar-refractivity contribution in [1.82, 2.24) is 0 Å². The summed E-state index contributed by atoms with van der Waals surface area (Å²) in [5, 5.41) is 6.26. The van der Waals surface area contributed by atoms with Crippen molar-refractivity contribution in [3.05, 3.63) is 121 Å². The van der Waals surface area contributed by atoms with Crippen LogP contribution >= 0.6 is 0 Å². The number of rotatable bonds is 4. The van der Waals surface area contributed by atoms with Crippen LogP contribution < -0.4 is 5.32 Å². The predicted molar refractivity (Wildman–Crippen MR) is 130 cm³/mol. The van der Waals surface area contributed by atoms with E-state index < -0.39 is 0 Å². The lowest BCUT2D eigenvalue weighted by Gasteiger charge is -2.25. The summed E-state index contributed by atoms with van der Waals surface area (Å²) in [7, 11) is 0. The van der Waals surface area contributed by atoms with Crippen LogP contribution in [0.3, 0.4) is 0 Å². The van der Waals surface area contributed by atoms with Crippen LogP contribution in [0.25, 0.3) is 27.5 Å². The van der Waals surface area contributed by atoms with E-state index in [-0.39, 0.29) is 0 Å². The van der Waals surface area contributed by atoms with Crippen LogP contribution in [0.15, 0.2) is 115 Å². The first kappa shape index (κ1) is 18.4. The van der Waals surface area contributed by atoms with Crippen LogP contribution in [0.5, 0.6) is 0 Å². The van der Waals surface area contributed by atoms with Crippen LogP contribution in [0.4, 0.5) is 5.69 Å². The lowest BCUT2D eigenvalue weighted by molar-refractivity contribution is 0.662. The van der Waals surface area contributed by atoms with Gasteiger partial charge in [-0.05, 0) is 51.1 Å². The van der Waals surface area contributed by atoms with Crippen molar-refractivity contribution >= 4 is 22.0 Å². The van der Waals surface area contributed by atoms with E-state index in [9.17, 15) is 0 Å². The van der Waals surface area contributed by atoms with Crippen molar-refractivity contribution in [3.8, 4) is 11.1 Å². The molecule has 2 unspecified atom stereocenters. The molecule has 0 fully saturated rings. The van der Waals surface area contributed by atoms with E-state index in [0.717, 1.165) is 5.69 Å². The summed E-state index contributed by atoms with van der Waals surface area (Å²) in [5.41, 5.74) is 6.25. The quantitative estimate of drug-likeness (QED) is 0.380. The van der Waals surface area contributed by atoms with E-state index in [0.29, 0.717) is 12.0 Å². The van der Waals surface area contributed by atoms with Gasteiger partial charge in [0.2, 0.25) is 0 Å². The second kappa shape index (κ2) is 8.04. The van der Waals surface area contributed by atoms with Crippen LogP contribution in [0.1, 0.15) is 12.5 Å². The topological polar surface area (TPSA) is 12.0 Å². The fraction of sp³-hybridized carbons (Fsp3) is 0.103. The molecule has 0 spiro atoms. The standard InChI is InChI=1S/C29H25N/c1-21-20-25(22-8-3-2-4-9-22)16-19-29(21)30-26-17-14-24(15-18-26)28-13-7-11-23-10-5-6-12-27(23)28/h2-21,29-30H,1H3. The molecule has 1 N–H and O–H groups in total. The SMILES string of the molecule is CC1C=C(c2ccccc2)C=CC1Nc1ccc(-c2cccc3ccccc23)cc1. The van der Waals surface area contributed by atoms with Gasteiger partial charge in [0, 0.05) is 5.69 Å². The van der Waals surface area contributed by atoms with Crippen molar-refractivity contribution in [2.75, 3.05) is 5.32 Å². The third-order valence-corrected chi connectivity index (χ3v) is 5.92. The minimum Gasteiger partial charge on any atom is -0.378 e. The highest BCUT2D eigenvalue weighted by Crippen LogP contribution is 2.31. The van der Waals surface area contributed by atoms with Gasteiger partial charge in [-0.1, -0.05) is 110 Å². The molecule has 0 amide bonds.